The Morgan fingerprint density at radius 3 is 2.59 bits per heavy atom. The van der Waals surface area contributed by atoms with Crippen LogP contribution in [0.15, 0.2) is 23.1 Å². The van der Waals surface area contributed by atoms with Gasteiger partial charge in [0.2, 0.25) is 10.0 Å². The molecule has 1 N–H and O–H groups in total. The molecule has 1 atom stereocenters. The van der Waals surface area contributed by atoms with Crippen molar-refractivity contribution in [2.75, 3.05) is 33.9 Å². The first-order chi connectivity index (χ1) is 12.9. The third-order valence-electron chi connectivity index (χ3n) is 4.97. The van der Waals surface area contributed by atoms with Crippen molar-refractivity contribution in [2.24, 2.45) is 0 Å². The second-order valence-electron chi connectivity index (χ2n) is 6.72. The average Bonchev–Trinajstić information content (AvgIpc) is 3.17. The smallest absolute Gasteiger partial charge is 0.248 e. The number of hydrogen-bond acceptors (Lipinski definition) is 6. The molecule has 1 aromatic rings. The van der Waals surface area contributed by atoms with E-state index in [9.17, 15) is 13.7 Å². The first-order valence-electron chi connectivity index (χ1n) is 9.32. The number of sulfonamides is 1. The zero-order chi connectivity index (χ0) is 19.9. The van der Waals surface area contributed by atoms with Crippen molar-refractivity contribution < 1.29 is 17.9 Å². The fourth-order valence-corrected chi connectivity index (χ4v) is 5.33. The van der Waals surface area contributed by atoms with Gasteiger partial charge in [-0.05, 0) is 31.5 Å². The minimum Gasteiger partial charge on any atom is -0.497 e. The molecular formula is C19H29N3O4S. The SMILES string of the molecule is CCCCCCN([C@]1(C#N)CCNC1)S(=O)(=O)c1cc(OC)ccc1OC. The molecule has 0 aliphatic carbocycles. The molecule has 1 heterocycles. The van der Waals surface area contributed by atoms with E-state index in [1.807, 2.05) is 0 Å². The van der Waals surface area contributed by atoms with Gasteiger partial charge in [0.05, 0.1) is 20.3 Å². The monoisotopic (exact) mass is 395 g/mol. The fourth-order valence-electron chi connectivity index (χ4n) is 3.39. The van der Waals surface area contributed by atoms with Crippen molar-refractivity contribution in [2.45, 2.75) is 49.5 Å². The van der Waals surface area contributed by atoms with Gasteiger partial charge in [-0.15, -0.1) is 0 Å². The first-order valence-corrected chi connectivity index (χ1v) is 10.8. The zero-order valence-corrected chi connectivity index (χ0v) is 17.1. The second-order valence-corrected chi connectivity index (χ2v) is 8.56. The van der Waals surface area contributed by atoms with Crippen molar-refractivity contribution in [1.82, 2.24) is 9.62 Å². The van der Waals surface area contributed by atoms with Crippen LogP contribution in [0.2, 0.25) is 0 Å². The van der Waals surface area contributed by atoms with Gasteiger partial charge < -0.3 is 14.8 Å². The maximum atomic E-state index is 13.6. The summed E-state index contributed by atoms with van der Waals surface area (Å²) in [7, 11) is -1.03. The molecule has 1 aliphatic rings. The molecule has 7 nitrogen and oxygen atoms in total. The van der Waals surface area contributed by atoms with E-state index in [0.717, 1.165) is 19.3 Å². The lowest BCUT2D eigenvalue weighted by Crippen LogP contribution is -2.52. The number of ether oxygens (including phenoxy) is 2. The summed E-state index contributed by atoms with van der Waals surface area (Å²) in [6.07, 6.45) is 4.19. The third kappa shape index (κ3) is 4.54. The van der Waals surface area contributed by atoms with Crippen LogP contribution in [0.25, 0.3) is 0 Å². The average molecular weight is 396 g/mol. The van der Waals surface area contributed by atoms with E-state index in [1.165, 1.54) is 24.6 Å². The minimum absolute atomic E-state index is 0.0290. The normalized spacial score (nSPS) is 19.8. The Hall–Kier alpha value is -1.82. The highest BCUT2D eigenvalue weighted by Gasteiger charge is 2.47. The summed E-state index contributed by atoms with van der Waals surface area (Å²) in [4.78, 5) is 0.0290. The standard InChI is InChI=1S/C19H29N3O4S/c1-4-5-6-7-12-22(19(14-20)10-11-21-15-19)27(23,24)18-13-16(25-2)8-9-17(18)26-3/h8-9,13,21H,4-7,10-12,15H2,1-3H3/t19-/m0/s1. The molecule has 1 aromatic carbocycles. The lowest BCUT2D eigenvalue weighted by atomic mass is 10.0. The van der Waals surface area contributed by atoms with Gasteiger partial charge in [-0.2, -0.15) is 9.57 Å². The number of nitrogens with zero attached hydrogens (tertiary/aromatic N) is 2. The van der Waals surface area contributed by atoms with Crippen LogP contribution in [0.3, 0.4) is 0 Å². The summed E-state index contributed by atoms with van der Waals surface area (Å²) in [6, 6.07) is 6.96. The van der Waals surface area contributed by atoms with E-state index in [1.54, 1.807) is 12.1 Å². The Labute approximate surface area is 162 Å². The number of unbranched alkanes of at least 4 members (excludes halogenated alkanes) is 3. The van der Waals surface area contributed by atoms with Crippen LogP contribution in [0.1, 0.15) is 39.0 Å². The Balaban J connectivity index is 2.48. The van der Waals surface area contributed by atoms with E-state index >= 15 is 0 Å². The van der Waals surface area contributed by atoms with Crippen LogP contribution >= 0.6 is 0 Å². The van der Waals surface area contributed by atoms with E-state index in [2.05, 4.69) is 18.3 Å². The van der Waals surface area contributed by atoms with E-state index in [-0.39, 0.29) is 10.6 Å². The maximum absolute atomic E-state index is 13.6. The number of rotatable bonds is 10. The van der Waals surface area contributed by atoms with Gasteiger partial charge in [-0.25, -0.2) is 8.42 Å². The Morgan fingerprint density at radius 1 is 1.26 bits per heavy atom. The van der Waals surface area contributed by atoms with Gasteiger partial charge in [0.15, 0.2) is 0 Å². The minimum atomic E-state index is -3.95. The summed E-state index contributed by atoms with van der Waals surface area (Å²) in [5, 5.41) is 13.0. The topological polar surface area (TPSA) is 91.7 Å². The lowest BCUT2D eigenvalue weighted by molar-refractivity contribution is 0.260. The summed E-state index contributed by atoms with van der Waals surface area (Å²) >= 11 is 0. The quantitative estimate of drug-likeness (QED) is 0.612. The Bertz CT molecular complexity index is 768. The Morgan fingerprint density at radius 2 is 2.04 bits per heavy atom. The molecule has 0 bridgehead atoms. The van der Waals surface area contributed by atoms with Crippen LogP contribution in [0, 0.1) is 11.3 Å². The molecule has 0 amide bonds. The maximum Gasteiger partial charge on any atom is 0.248 e. The van der Waals surface area contributed by atoms with Gasteiger partial charge in [0.1, 0.15) is 21.9 Å². The van der Waals surface area contributed by atoms with Crippen molar-refractivity contribution in [3.05, 3.63) is 18.2 Å². The molecule has 0 saturated carbocycles. The van der Waals surface area contributed by atoms with Gasteiger partial charge in [-0.3, -0.25) is 0 Å². The number of nitriles is 1. The highest BCUT2D eigenvalue weighted by atomic mass is 32.2. The van der Waals surface area contributed by atoms with Gasteiger partial charge in [0.25, 0.3) is 0 Å². The highest BCUT2D eigenvalue weighted by molar-refractivity contribution is 7.89. The van der Waals surface area contributed by atoms with Crippen LogP contribution < -0.4 is 14.8 Å². The number of methoxy groups -OCH3 is 2. The number of nitrogens with one attached hydrogen (secondary N) is 1. The Kier molecular flexibility index (Phi) is 7.48. The van der Waals surface area contributed by atoms with Crippen molar-refractivity contribution in [1.29, 1.82) is 5.26 Å². The second kappa shape index (κ2) is 9.40. The summed E-state index contributed by atoms with van der Waals surface area (Å²) < 4.78 is 39.1. The molecule has 0 unspecified atom stereocenters. The summed E-state index contributed by atoms with van der Waals surface area (Å²) in [6.45, 7) is 3.35. The molecule has 0 aromatic heterocycles. The first kappa shape index (κ1) is 21.5. The molecule has 0 spiro atoms. The zero-order valence-electron chi connectivity index (χ0n) is 16.3. The molecule has 2 rings (SSSR count). The van der Waals surface area contributed by atoms with E-state index in [4.69, 9.17) is 9.47 Å². The van der Waals surface area contributed by atoms with Crippen molar-refractivity contribution in [3.63, 3.8) is 0 Å². The molecule has 1 aliphatic heterocycles. The van der Waals surface area contributed by atoms with Crippen LogP contribution in [0.5, 0.6) is 11.5 Å². The van der Waals surface area contributed by atoms with Crippen LogP contribution in [0.4, 0.5) is 0 Å². The van der Waals surface area contributed by atoms with Gasteiger partial charge >= 0.3 is 0 Å². The molecule has 1 saturated heterocycles. The summed E-state index contributed by atoms with van der Waals surface area (Å²) in [5.41, 5.74) is -1.08. The van der Waals surface area contributed by atoms with E-state index in [0.29, 0.717) is 38.2 Å². The van der Waals surface area contributed by atoms with Crippen molar-refractivity contribution in [3.8, 4) is 17.6 Å². The molecule has 1 fully saturated rings. The molecule has 150 valence electrons. The molecular weight excluding hydrogens is 366 g/mol. The fraction of sp³-hybridized carbons (Fsp3) is 0.632. The van der Waals surface area contributed by atoms with Crippen LogP contribution in [-0.4, -0.2) is 52.1 Å². The molecule has 0 radical (unpaired) electrons. The van der Waals surface area contributed by atoms with E-state index < -0.39 is 15.6 Å². The van der Waals surface area contributed by atoms with Gasteiger partial charge in [-0.1, -0.05) is 26.2 Å². The molecule has 27 heavy (non-hydrogen) atoms. The largest absolute Gasteiger partial charge is 0.497 e. The highest BCUT2D eigenvalue weighted by Crippen LogP contribution is 2.35. The lowest BCUT2D eigenvalue weighted by Gasteiger charge is -2.34. The predicted octanol–water partition coefficient (Wildman–Crippen LogP) is 2.53. The van der Waals surface area contributed by atoms with Gasteiger partial charge in [0, 0.05) is 19.2 Å². The molecule has 8 heteroatoms. The third-order valence-corrected chi connectivity index (χ3v) is 6.96. The van der Waals surface area contributed by atoms with Crippen molar-refractivity contribution >= 4 is 10.0 Å². The number of hydrogen-bond donors (Lipinski definition) is 1. The number of benzene rings is 1. The van der Waals surface area contributed by atoms with Crippen LogP contribution in [-0.2, 0) is 10.0 Å². The summed E-state index contributed by atoms with van der Waals surface area (Å²) in [5.74, 6) is 0.671. The predicted molar refractivity (Wildman–Crippen MR) is 103 cm³/mol.